The number of rotatable bonds is 6. The monoisotopic (exact) mass is 930 g/mol. The number of hydrogen-bond acceptors (Lipinski definition) is 4. The van der Waals surface area contributed by atoms with Crippen LogP contribution in [0.2, 0.25) is 0 Å². The van der Waals surface area contributed by atoms with Crippen LogP contribution in [0.25, 0.3) is 83.7 Å². The predicted octanol–water partition coefficient (Wildman–Crippen LogP) is 13.1. The summed E-state index contributed by atoms with van der Waals surface area (Å²) < 4.78 is 30.1. The summed E-state index contributed by atoms with van der Waals surface area (Å²) in [6.07, 6.45) is 6.49. The van der Waals surface area contributed by atoms with Crippen molar-refractivity contribution in [1.29, 1.82) is 0 Å². The first-order valence-electron chi connectivity index (χ1n) is 20.3. The number of pyridine rings is 2. The molecule has 0 aliphatic heterocycles. The van der Waals surface area contributed by atoms with E-state index in [0.717, 1.165) is 89.4 Å². The Morgan fingerprint density at radius 1 is 0.638 bits per heavy atom. The van der Waals surface area contributed by atoms with Crippen LogP contribution < -0.4 is 0 Å². The van der Waals surface area contributed by atoms with Gasteiger partial charge in [-0.15, -0.1) is 35.9 Å². The Morgan fingerprint density at radius 3 is 2.02 bits per heavy atom. The molecule has 4 heterocycles. The molecule has 283 valence electrons. The van der Waals surface area contributed by atoms with Crippen LogP contribution in [0.1, 0.15) is 20.9 Å². The van der Waals surface area contributed by atoms with E-state index in [9.17, 15) is 0 Å². The average Bonchev–Trinajstić information content (AvgIpc) is 3.88. The molecule has 58 heavy (non-hydrogen) atoms. The summed E-state index contributed by atoms with van der Waals surface area (Å²) in [4.78, 5) is 13.8. The minimum Gasteiger partial charge on any atom is -0.557 e. The van der Waals surface area contributed by atoms with E-state index in [2.05, 4.69) is 143 Å². The summed E-state index contributed by atoms with van der Waals surface area (Å²) in [7, 11) is 0. The molecule has 0 bridgehead atoms. The second kappa shape index (κ2) is 16.8. The summed E-state index contributed by atoms with van der Waals surface area (Å²) in [6.45, 7) is 2.08. The van der Waals surface area contributed by atoms with Gasteiger partial charge in [-0.05, 0) is 96.2 Å². The molecule has 10 rings (SSSR count). The van der Waals surface area contributed by atoms with Crippen LogP contribution in [-0.2, 0) is 20.1 Å². The first-order valence-corrected chi connectivity index (χ1v) is 18.8. The summed E-state index contributed by atoms with van der Waals surface area (Å²) >= 11 is 0. The van der Waals surface area contributed by atoms with Crippen molar-refractivity contribution in [1.82, 2.24) is 19.5 Å². The van der Waals surface area contributed by atoms with Gasteiger partial charge in [-0.1, -0.05) is 114 Å². The minimum absolute atomic E-state index is 0. The molecule has 4 aromatic heterocycles. The van der Waals surface area contributed by atoms with Gasteiger partial charge in [-0.3, -0.25) is 9.97 Å². The second-order valence-corrected chi connectivity index (χ2v) is 13.9. The third-order valence-electron chi connectivity index (χ3n) is 9.92. The van der Waals surface area contributed by atoms with Crippen molar-refractivity contribution in [2.45, 2.75) is 20.7 Å². The Morgan fingerprint density at radius 2 is 1.34 bits per heavy atom. The largest absolute Gasteiger partial charge is 0.557 e. The zero-order chi connectivity index (χ0) is 41.2. The molecule has 6 heteroatoms. The van der Waals surface area contributed by atoms with Crippen molar-refractivity contribution in [2.75, 3.05) is 0 Å². The van der Waals surface area contributed by atoms with Crippen molar-refractivity contribution in [3.05, 3.63) is 205 Å². The van der Waals surface area contributed by atoms with Gasteiger partial charge in [0.2, 0.25) is 0 Å². The second-order valence-electron chi connectivity index (χ2n) is 13.9. The quantitative estimate of drug-likeness (QED) is 0.156. The first kappa shape index (κ1) is 34.5. The molecular weight excluding hydrogens is 889 g/mol. The fraction of sp³-hybridized carbons (Fsp3) is 0.0577. The maximum absolute atomic E-state index is 7.23. The Hall–Kier alpha value is -6.72. The van der Waals surface area contributed by atoms with Gasteiger partial charge in [-0.25, -0.2) is 0 Å². The number of imidazole rings is 1. The molecule has 0 unspecified atom stereocenters. The minimum atomic E-state index is -2.09. The zero-order valence-electron chi connectivity index (χ0n) is 34.8. The Bertz CT molecular complexity index is 3030. The van der Waals surface area contributed by atoms with E-state index in [-0.39, 0.29) is 25.7 Å². The predicted molar refractivity (Wildman–Crippen MR) is 232 cm³/mol. The van der Waals surface area contributed by atoms with E-state index >= 15 is 0 Å². The molecule has 0 spiro atoms. The van der Waals surface area contributed by atoms with Gasteiger partial charge in [0, 0.05) is 65.3 Å². The van der Waals surface area contributed by atoms with Crippen LogP contribution in [0.5, 0.6) is 0 Å². The van der Waals surface area contributed by atoms with E-state index in [4.69, 9.17) is 13.5 Å². The van der Waals surface area contributed by atoms with Crippen LogP contribution in [0, 0.1) is 33.0 Å². The van der Waals surface area contributed by atoms with E-state index in [1.54, 1.807) is 18.2 Å². The number of aryl methyl sites for hydroxylation is 3. The molecular formula is C52H38IrN4O-2. The molecule has 5 nitrogen and oxygen atoms in total. The van der Waals surface area contributed by atoms with Gasteiger partial charge in [-0.2, -0.15) is 0 Å². The van der Waals surface area contributed by atoms with E-state index in [1.165, 1.54) is 11.8 Å². The fourth-order valence-electron chi connectivity index (χ4n) is 7.27. The summed E-state index contributed by atoms with van der Waals surface area (Å²) in [5.74, 6) is 0.784. The number of fused-ring (bicyclic) bond motifs is 2. The van der Waals surface area contributed by atoms with E-state index < -0.39 is 6.85 Å². The van der Waals surface area contributed by atoms with Gasteiger partial charge >= 0.3 is 0 Å². The standard InChI is InChI=1S/C40H28N3O.C12H10N.Ir/c1-26-21-32(28-11-5-3-6-12-28)39(33(22-26)29-13-7-4-8-14-29)43-37-16-10-9-15-36(37)42-40(43)35-25-44-38-18-17-30(24-34(35)38)31-19-20-41-27(2)23-31;1-10-7-8-12(13-9-10)11-5-3-2-4-6-11;/h3-24H,1-2H3;2-5,7-9H,1H3;/q2*-1;/i;1D3;. The number of aromatic nitrogens is 4. The zero-order valence-corrected chi connectivity index (χ0v) is 34.2. The maximum Gasteiger partial charge on any atom is 0.0774 e. The van der Waals surface area contributed by atoms with Crippen molar-refractivity contribution in [3.63, 3.8) is 0 Å². The normalized spacial score (nSPS) is 11.9. The van der Waals surface area contributed by atoms with Crippen molar-refractivity contribution in [2.24, 2.45) is 0 Å². The molecule has 6 aromatic carbocycles. The third-order valence-corrected chi connectivity index (χ3v) is 9.92. The fourth-order valence-corrected chi connectivity index (χ4v) is 7.27. The smallest absolute Gasteiger partial charge is 0.0774 e. The molecule has 0 saturated heterocycles. The third kappa shape index (κ3) is 7.68. The number of hydrogen-bond donors (Lipinski definition) is 0. The van der Waals surface area contributed by atoms with Crippen LogP contribution in [0.3, 0.4) is 0 Å². The van der Waals surface area contributed by atoms with Crippen molar-refractivity contribution >= 4 is 22.0 Å². The number of benzene rings is 6. The number of nitrogens with zero attached hydrogens (tertiary/aromatic N) is 4. The van der Waals surface area contributed by atoms with Crippen LogP contribution in [0.4, 0.5) is 0 Å². The SMILES string of the molecule is Cc1cc(-c2ccccc2)c(-n2c(-c3[c-]oc4ccc(-c5ccnc(C)c5)cc34)nc3ccccc32)c(-c2ccccc2)c1.[2H]C([2H])([2H])c1ccc(-c2[c-]cccc2)nc1.[Ir]. The van der Waals surface area contributed by atoms with Crippen LogP contribution in [0.15, 0.2) is 181 Å². The van der Waals surface area contributed by atoms with Crippen molar-refractivity contribution < 1.29 is 28.6 Å². The molecule has 0 fully saturated rings. The summed E-state index contributed by atoms with van der Waals surface area (Å²) in [5, 5.41) is 0.961. The topological polar surface area (TPSA) is 56.7 Å². The molecule has 0 amide bonds. The van der Waals surface area contributed by atoms with Gasteiger partial charge < -0.3 is 14.0 Å². The number of furan rings is 1. The molecule has 0 aliphatic carbocycles. The van der Waals surface area contributed by atoms with E-state index in [0.29, 0.717) is 0 Å². The molecule has 0 atom stereocenters. The van der Waals surface area contributed by atoms with Crippen LogP contribution in [-0.4, -0.2) is 19.5 Å². The van der Waals surface area contributed by atoms with Crippen LogP contribution >= 0.6 is 0 Å². The number of para-hydroxylation sites is 2. The maximum atomic E-state index is 7.23. The Balaban J connectivity index is 0.000000255. The molecule has 1 radical (unpaired) electrons. The molecule has 0 N–H and O–H groups in total. The van der Waals surface area contributed by atoms with Gasteiger partial charge in [0.25, 0.3) is 0 Å². The van der Waals surface area contributed by atoms with Crippen molar-refractivity contribution in [3.8, 4) is 61.7 Å². The summed E-state index contributed by atoms with van der Waals surface area (Å²) in [5.41, 5.74) is 15.3. The molecule has 0 aliphatic rings. The van der Waals surface area contributed by atoms with E-state index in [1.807, 2.05) is 49.5 Å². The Kier molecular flexibility index (Phi) is 9.99. The molecule has 10 aromatic rings. The Labute approximate surface area is 356 Å². The average molecular weight is 930 g/mol. The molecule has 0 saturated carbocycles. The van der Waals surface area contributed by atoms with Gasteiger partial charge in [0.15, 0.2) is 0 Å². The summed E-state index contributed by atoms with van der Waals surface area (Å²) in [6, 6.07) is 58.3. The van der Waals surface area contributed by atoms with Gasteiger partial charge in [0.05, 0.1) is 22.5 Å². The first-order chi connectivity index (χ1) is 29.2. The van der Waals surface area contributed by atoms with Gasteiger partial charge in [0.1, 0.15) is 0 Å².